The molecule has 1 saturated heterocycles. The van der Waals surface area contributed by atoms with Crippen LogP contribution in [-0.4, -0.2) is 38.3 Å². The van der Waals surface area contributed by atoms with Crippen molar-refractivity contribution in [2.45, 2.75) is 38.5 Å². The number of hydrogen-bond donors (Lipinski definition) is 1. The van der Waals surface area contributed by atoms with Gasteiger partial charge < -0.3 is 10.1 Å². The maximum absolute atomic E-state index is 13.2. The second-order valence-corrected chi connectivity index (χ2v) is 9.30. The van der Waals surface area contributed by atoms with Crippen molar-refractivity contribution >= 4 is 21.6 Å². The number of sulfonamides is 1. The van der Waals surface area contributed by atoms with E-state index in [1.54, 1.807) is 25.1 Å². The highest BCUT2D eigenvalue weighted by Gasteiger charge is 2.34. The van der Waals surface area contributed by atoms with Gasteiger partial charge in [-0.05, 0) is 62.9 Å². The highest BCUT2D eigenvalue weighted by molar-refractivity contribution is 7.89. The van der Waals surface area contributed by atoms with E-state index in [0.29, 0.717) is 47.9 Å². The van der Waals surface area contributed by atoms with Crippen molar-refractivity contribution in [2.75, 3.05) is 25.0 Å². The van der Waals surface area contributed by atoms with Gasteiger partial charge in [-0.2, -0.15) is 4.31 Å². The Morgan fingerprint density at radius 2 is 1.97 bits per heavy atom. The van der Waals surface area contributed by atoms with E-state index in [9.17, 15) is 13.2 Å². The summed E-state index contributed by atoms with van der Waals surface area (Å²) in [5.74, 6) is 0.0235. The van der Waals surface area contributed by atoms with E-state index in [4.69, 9.17) is 4.74 Å². The van der Waals surface area contributed by atoms with Gasteiger partial charge in [-0.3, -0.25) is 4.79 Å². The van der Waals surface area contributed by atoms with Crippen LogP contribution >= 0.6 is 0 Å². The fourth-order valence-electron chi connectivity index (χ4n) is 3.59. The fourth-order valence-corrected chi connectivity index (χ4v) is 5.42. The fraction of sp³-hybridized carbons (Fsp3) is 0.409. The van der Waals surface area contributed by atoms with Crippen molar-refractivity contribution < 1.29 is 17.9 Å². The molecule has 1 amide bonds. The third-order valence-corrected chi connectivity index (χ3v) is 7.17. The molecule has 0 bridgehead atoms. The van der Waals surface area contributed by atoms with Crippen LogP contribution in [0.5, 0.6) is 5.75 Å². The zero-order chi connectivity index (χ0) is 21.0. The van der Waals surface area contributed by atoms with E-state index < -0.39 is 15.9 Å². The summed E-state index contributed by atoms with van der Waals surface area (Å²) in [5.41, 5.74) is 2.22. The predicted molar refractivity (Wildman–Crippen MR) is 114 cm³/mol. The molecular weight excluding hydrogens is 388 g/mol. The van der Waals surface area contributed by atoms with E-state index in [0.717, 1.165) is 5.56 Å². The van der Waals surface area contributed by atoms with Gasteiger partial charge in [0.25, 0.3) is 0 Å². The highest BCUT2D eigenvalue weighted by Crippen LogP contribution is 2.29. The molecule has 0 radical (unpaired) electrons. The van der Waals surface area contributed by atoms with E-state index >= 15 is 0 Å². The van der Waals surface area contributed by atoms with Crippen molar-refractivity contribution in [1.29, 1.82) is 0 Å². The summed E-state index contributed by atoms with van der Waals surface area (Å²) in [6.45, 7) is 6.66. The minimum absolute atomic E-state index is 0.179. The summed E-state index contributed by atoms with van der Waals surface area (Å²) < 4.78 is 33.4. The summed E-state index contributed by atoms with van der Waals surface area (Å²) in [5, 5.41) is 2.91. The summed E-state index contributed by atoms with van der Waals surface area (Å²) >= 11 is 0. The van der Waals surface area contributed by atoms with Crippen LogP contribution in [0.4, 0.5) is 5.69 Å². The Hall–Kier alpha value is -2.38. The van der Waals surface area contributed by atoms with Gasteiger partial charge in [-0.1, -0.05) is 24.3 Å². The molecular formula is C22H28N2O4S. The SMILES string of the molecule is CCOc1ccccc1NC(=O)[C@@H]1CCCN(S(=O)(=O)c2cc(C)ccc2C)C1. The van der Waals surface area contributed by atoms with E-state index in [1.807, 2.05) is 38.1 Å². The lowest BCUT2D eigenvalue weighted by Crippen LogP contribution is -2.43. The molecule has 29 heavy (non-hydrogen) atoms. The summed E-state index contributed by atoms with van der Waals surface area (Å²) in [7, 11) is -3.64. The maximum Gasteiger partial charge on any atom is 0.243 e. The zero-order valence-corrected chi connectivity index (χ0v) is 18.0. The molecule has 6 nitrogen and oxygen atoms in total. The first-order valence-corrected chi connectivity index (χ1v) is 11.4. The van der Waals surface area contributed by atoms with Crippen LogP contribution in [0.3, 0.4) is 0 Å². The number of carbonyl (C=O) groups is 1. The molecule has 2 aromatic carbocycles. The summed E-state index contributed by atoms with van der Waals surface area (Å²) in [6, 6.07) is 12.7. The van der Waals surface area contributed by atoms with Crippen LogP contribution < -0.4 is 10.1 Å². The van der Waals surface area contributed by atoms with Crippen molar-refractivity contribution in [3.8, 4) is 5.75 Å². The van der Waals surface area contributed by atoms with Gasteiger partial charge in [0.1, 0.15) is 5.75 Å². The number of nitrogens with one attached hydrogen (secondary N) is 1. The molecule has 1 fully saturated rings. The molecule has 1 aliphatic heterocycles. The number of benzene rings is 2. The Balaban J connectivity index is 1.77. The largest absolute Gasteiger partial charge is 0.492 e. The van der Waals surface area contributed by atoms with Gasteiger partial charge in [-0.25, -0.2) is 8.42 Å². The molecule has 1 aliphatic rings. The molecule has 1 heterocycles. The number of amides is 1. The number of rotatable bonds is 6. The van der Waals surface area contributed by atoms with Crippen LogP contribution in [-0.2, 0) is 14.8 Å². The smallest absolute Gasteiger partial charge is 0.243 e. The van der Waals surface area contributed by atoms with Crippen LogP contribution in [0.15, 0.2) is 47.4 Å². The van der Waals surface area contributed by atoms with Crippen molar-refractivity contribution in [1.82, 2.24) is 4.31 Å². The molecule has 0 aromatic heterocycles. The number of piperidine rings is 1. The van der Waals surface area contributed by atoms with Crippen LogP contribution in [0.2, 0.25) is 0 Å². The van der Waals surface area contributed by atoms with E-state index in [-0.39, 0.29) is 12.5 Å². The van der Waals surface area contributed by atoms with Gasteiger partial charge in [0, 0.05) is 13.1 Å². The van der Waals surface area contributed by atoms with Gasteiger partial charge in [0.05, 0.1) is 23.1 Å². The Labute approximate surface area is 172 Å². The monoisotopic (exact) mass is 416 g/mol. The Kier molecular flexibility index (Phi) is 6.59. The quantitative estimate of drug-likeness (QED) is 0.778. The van der Waals surface area contributed by atoms with Crippen molar-refractivity contribution in [3.05, 3.63) is 53.6 Å². The first-order valence-electron chi connectivity index (χ1n) is 9.93. The first kappa shape index (κ1) is 21.3. The van der Waals surface area contributed by atoms with Crippen LogP contribution in [0, 0.1) is 19.8 Å². The first-order chi connectivity index (χ1) is 13.8. The average Bonchev–Trinajstić information content (AvgIpc) is 2.71. The normalized spacial score (nSPS) is 17.7. The van der Waals surface area contributed by atoms with Gasteiger partial charge >= 0.3 is 0 Å². The Bertz CT molecular complexity index is 988. The number of para-hydroxylation sites is 2. The van der Waals surface area contributed by atoms with Crippen molar-refractivity contribution in [3.63, 3.8) is 0 Å². The van der Waals surface area contributed by atoms with Crippen LogP contribution in [0.25, 0.3) is 0 Å². The summed E-state index contributed by atoms with van der Waals surface area (Å²) in [4.78, 5) is 13.2. The molecule has 0 spiro atoms. The second kappa shape index (κ2) is 8.97. The molecule has 0 unspecified atom stereocenters. The molecule has 0 aliphatic carbocycles. The van der Waals surface area contributed by atoms with Crippen molar-refractivity contribution in [2.24, 2.45) is 5.92 Å². The third kappa shape index (κ3) is 4.79. The molecule has 1 atom stereocenters. The molecule has 0 saturated carbocycles. The number of nitrogens with zero attached hydrogens (tertiary/aromatic N) is 1. The molecule has 1 N–H and O–H groups in total. The summed E-state index contributed by atoms with van der Waals surface area (Å²) in [6.07, 6.45) is 1.30. The number of ether oxygens (including phenoxy) is 1. The number of anilines is 1. The van der Waals surface area contributed by atoms with Gasteiger partial charge in [0.15, 0.2) is 0 Å². The van der Waals surface area contributed by atoms with E-state index in [1.165, 1.54) is 4.31 Å². The van der Waals surface area contributed by atoms with E-state index in [2.05, 4.69) is 5.32 Å². The number of carbonyl (C=O) groups excluding carboxylic acids is 1. The van der Waals surface area contributed by atoms with Crippen LogP contribution in [0.1, 0.15) is 30.9 Å². The maximum atomic E-state index is 13.2. The molecule has 156 valence electrons. The lowest BCUT2D eigenvalue weighted by Gasteiger charge is -2.31. The molecule has 3 rings (SSSR count). The Morgan fingerprint density at radius 3 is 2.72 bits per heavy atom. The van der Waals surface area contributed by atoms with Gasteiger partial charge in [-0.15, -0.1) is 0 Å². The Morgan fingerprint density at radius 1 is 1.21 bits per heavy atom. The number of aryl methyl sites for hydroxylation is 2. The minimum atomic E-state index is -3.64. The standard InChI is InChI=1S/C22H28N2O4S/c1-4-28-20-10-6-5-9-19(20)23-22(25)18-8-7-13-24(15-18)29(26,27)21-14-16(2)11-12-17(21)3/h5-6,9-12,14,18H,4,7-8,13,15H2,1-3H3,(H,23,25)/t18-/m1/s1. The van der Waals surface area contributed by atoms with Gasteiger partial charge in [0.2, 0.25) is 15.9 Å². The minimum Gasteiger partial charge on any atom is -0.492 e. The zero-order valence-electron chi connectivity index (χ0n) is 17.1. The highest BCUT2D eigenvalue weighted by atomic mass is 32.2. The predicted octanol–water partition coefficient (Wildman–Crippen LogP) is 3.74. The lowest BCUT2D eigenvalue weighted by molar-refractivity contribution is -0.120. The third-order valence-electron chi connectivity index (χ3n) is 5.16. The number of hydrogen-bond acceptors (Lipinski definition) is 4. The molecule has 7 heteroatoms. The second-order valence-electron chi connectivity index (χ2n) is 7.39. The average molecular weight is 417 g/mol. The lowest BCUT2D eigenvalue weighted by atomic mass is 9.98. The molecule has 2 aromatic rings. The topological polar surface area (TPSA) is 75.7 Å².